The van der Waals surface area contributed by atoms with E-state index in [4.69, 9.17) is 21.3 Å². The number of ketones is 1. The second kappa shape index (κ2) is 10.9. The molecular formula is C33H27ClN2O5. The molecule has 3 atom stereocenters. The molecule has 8 heteroatoms. The maximum atomic E-state index is 13.4. The summed E-state index contributed by atoms with van der Waals surface area (Å²) in [5.74, 6) is -1.67. The summed E-state index contributed by atoms with van der Waals surface area (Å²) >= 11 is 5.93. The lowest BCUT2D eigenvalue weighted by Gasteiger charge is -2.19. The number of amides is 2. The first kappa shape index (κ1) is 26.8. The summed E-state index contributed by atoms with van der Waals surface area (Å²) in [6.07, 6.45) is 2.44. The highest BCUT2D eigenvalue weighted by atomic mass is 35.5. The number of fused-ring (bicyclic) bond motifs is 2. The number of anilines is 1. The van der Waals surface area contributed by atoms with Gasteiger partial charge < -0.3 is 4.74 Å². The van der Waals surface area contributed by atoms with Gasteiger partial charge in [-0.05, 0) is 68.3 Å². The van der Waals surface area contributed by atoms with Crippen molar-refractivity contribution in [3.63, 3.8) is 0 Å². The molecule has 0 N–H and O–H groups in total. The van der Waals surface area contributed by atoms with Crippen molar-refractivity contribution in [3.05, 3.63) is 95.0 Å². The average Bonchev–Trinajstić information content (AvgIpc) is 3.26. The third-order valence-corrected chi connectivity index (χ3v) is 8.23. The average molecular weight is 567 g/mol. The monoisotopic (exact) mass is 566 g/mol. The van der Waals surface area contributed by atoms with Crippen molar-refractivity contribution in [2.24, 2.45) is 11.8 Å². The second-order valence-electron chi connectivity index (χ2n) is 10.5. The van der Waals surface area contributed by atoms with Gasteiger partial charge in [0, 0.05) is 21.5 Å². The summed E-state index contributed by atoms with van der Waals surface area (Å²) in [7, 11) is 0. The number of benzene rings is 3. The van der Waals surface area contributed by atoms with E-state index >= 15 is 0 Å². The first-order valence-electron chi connectivity index (χ1n) is 13.7. The van der Waals surface area contributed by atoms with Gasteiger partial charge in [-0.3, -0.25) is 19.3 Å². The van der Waals surface area contributed by atoms with Gasteiger partial charge in [0.25, 0.3) is 0 Å². The Balaban J connectivity index is 1.28. The number of nitrogens with zero attached hydrogens (tertiary/aromatic N) is 2. The predicted octanol–water partition coefficient (Wildman–Crippen LogP) is 6.66. The maximum Gasteiger partial charge on any atom is 0.339 e. The van der Waals surface area contributed by atoms with Gasteiger partial charge in [0.15, 0.2) is 6.10 Å². The lowest BCUT2D eigenvalue weighted by atomic mass is 9.81. The van der Waals surface area contributed by atoms with Crippen LogP contribution in [0.25, 0.3) is 22.2 Å². The highest BCUT2D eigenvalue weighted by Crippen LogP contribution is 2.40. The van der Waals surface area contributed by atoms with E-state index in [1.54, 1.807) is 72.8 Å². The van der Waals surface area contributed by atoms with Crippen LogP contribution >= 0.6 is 11.6 Å². The Morgan fingerprint density at radius 1 is 0.902 bits per heavy atom. The van der Waals surface area contributed by atoms with Crippen molar-refractivity contribution in [3.8, 4) is 11.3 Å². The van der Waals surface area contributed by atoms with Crippen LogP contribution in [0.4, 0.5) is 5.69 Å². The van der Waals surface area contributed by atoms with Crippen LogP contribution < -0.4 is 4.90 Å². The molecule has 0 spiro atoms. The Bertz CT molecular complexity index is 1660. The number of hydrogen-bond acceptors (Lipinski definition) is 6. The molecule has 3 aromatic carbocycles. The van der Waals surface area contributed by atoms with Crippen LogP contribution in [0, 0.1) is 11.8 Å². The molecule has 2 fully saturated rings. The quantitative estimate of drug-likeness (QED) is 0.147. The summed E-state index contributed by atoms with van der Waals surface area (Å²) in [5, 5.41) is 1.10. The minimum absolute atomic E-state index is 0.122. The van der Waals surface area contributed by atoms with Crippen molar-refractivity contribution in [2.75, 3.05) is 4.90 Å². The molecule has 1 aliphatic carbocycles. The smallest absolute Gasteiger partial charge is 0.339 e. The number of ether oxygens (including phenoxy) is 1. The van der Waals surface area contributed by atoms with E-state index in [-0.39, 0.29) is 35.0 Å². The Labute approximate surface area is 242 Å². The first-order valence-corrected chi connectivity index (χ1v) is 14.1. The van der Waals surface area contributed by atoms with Gasteiger partial charge in [-0.15, -0.1) is 0 Å². The fraction of sp³-hybridized carbons (Fsp3) is 0.242. The third kappa shape index (κ3) is 5.02. The molecule has 4 aromatic rings. The molecule has 2 heterocycles. The van der Waals surface area contributed by atoms with Crippen LogP contribution in [0.1, 0.15) is 53.3 Å². The zero-order chi connectivity index (χ0) is 28.7. The van der Waals surface area contributed by atoms with Crippen LogP contribution in [0.2, 0.25) is 5.02 Å². The molecule has 2 amide bonds. The number of para-hydroxylation sites is 1. The van der Waals surface area contributed by atoms with E-state index in [2.05, 4.69) is 0 Å². The normalized spacial score (nSPS) is 19.2. The fourth-order valence-electron chi connectivity index (χ4n) is 5.82. The van der Waals surface area contributed by atoms with Crippen molar-refractivity contribution in [1.29, 1.82) is 0 Å². The Morgan fingerprint density at radius 3 is 2.20 bits per heavy atom. The molecule has 206 valence electrons. The molecule has 41 heavy (non-hydrogen) atoms. The second-order valence-corrected chi connectivity index (χ2v) is 11.0. The predicted molar refractivity (Wildman–Crippen MR) is 156 cm³/mol. The van der Waals surface area contributed by atoms with E-state index < -0.39 is 12.1 Å². The number of halogens is 1. The Kier molecular flexibility index (Phi) is 7.14. The Morgan fingerprint density at radius 2 is 1.54 bits per heavy atom. The van der Waals surface area contributed by atoms with Gasteiger partial charge in [0.05, 0.1) is 34.3 Å². The van der Waals surface area contributed by atoms with Gasteiger partial charge in [0.2, 0.25) is 17.6 Å². The lowest BCUT2D eigenvalue weighted by Crippen LogP contribution is -2.30. The maximum absolute atomic E-state index is 13.4. The van der Waals surface area contributed by atoms with E-state index in [0.29, 0.717) is 38.4 Å². The number of carbonyl (C=O) groups is 4. The first-order chi connectivity index (χ1) is 19.8. The number of esters is 1. The zero-order valence-electron chi connectivity index (χ0n) is 22.4. The Hall–Kier alpha value is -4.36. The summed E-state index contributed by atoms with van der Waals surface area (Å²) in [5.41, 5.74) is 3.02. The number of aromatic nitrogens is 1. The van der Waals surface area contributed by atoms with Gasteiger partial charge in [0.1, 0.15) is 0 Å². The van der Waals surface area contributed by atoms with Crippen LogP contribution in [0.15, 0.2) is 78.9 Å². The number of imide groups is 1. The minimum atomic E-state index is -1.02. The molecule has 1 aliphatic heterocycles. The molecule has 2 aliphatic rings. The highest BCUT2D eigenvalue weighted by Gasteiger charge is 2.48. The number of Topliss-reactive ketones (excluding diaryl/α,β-unsaturated/α-hetero) is 1. The van der Waals surface area contributed by atoms with Crippen molar-refractivity contribution in [2.45, 2.75) is 38.7 Å². The summed E-state index contributed by atoms with van der Waals surface area (Å²) < 4.78 is 5.61. The standard InChI is InChI=1S/C33H27ClN2O5/c1-19(30(37)21-10-14-22(34)15-11-21)41-33(40)27-18-29(35-28-9-5-4-6-24(27)28)20-12-16-23(17-13-20)36-31(38)25-7-2-3-8-26(25)32(36)39/h4-6,9-19,25-26H,2-3,7-8H2,1H3. The van der Waals surface area contributed by atoms with Crippen LogP contribution in [0.3, 0.4) is 0 Å². The molecule has 7 nitrogen and oxygen atoms in total. The molecule has 6 rings (SSSR count). The summed E-state index contributed by atoms with van der Waals surface area (Å²) in [6, 6.07) is 22.3. The molecular weight excluding hydrogens is 540 g/mol. The zero-order valence-corrected chi connectivity index (χ0v) is 23.1. The molecule has 1 saturated heterocycles. The topological polar surface area (TPSA) is 93.6 Å². The van der Waals surface area contributed by atoms with Crippen molar-refractivity contribution < 1.29 is 23.9 Å². The number of hydrogen-bond donors (Lipinski definition) is 0. The molecule has 0 bridgehead atoms. The van der Waals surface area contributed by atoms with E-state index in [1.807, 2.05) is 6.07 Å². The lowest BCUT2D eigenvalue weighted by molar-refractivity contribution is -0.122. The van der Waals surface area contributed by atoms with Gasteiger partial charge in [-0.2, -0.15) is 0 Å². The number of carbonyl (C=O) groups excluding carboxylic acids is 4. The van der Waals surface area contributed by atoms with E-state index in [9.17, 15) is 19.2 Å². The van der Waals surface area contributed by atoms with Crippen molar-refractivity contribution in [1.82, 2.24) is 4.98 Å². The van der Waals surface area contributed by atoms with Gasteiger partial charge in [-0.1, -0.05) is 54.8 Å². The molecule has 0 radical (unpaired) electrons. The fourth-order valence-corrected chi connectivity index (χ4v) is 5.94. The number of pyridine rings is 1. The van der Waals surface area contributed by atoms with Crippen LogP contribution in [-0.4, -0.2) is 34.7 Å². The SMILES string of the molecule is CC(OC(=O)c1cc(-c2ccc(N3C(=O)C4CCCCC4C3=O)cc2)nc2ccccc12)C(=O)c1ccc(Cl)cc1. The molecule has 1 saturated carbocycles. The molecule has 1 aromatic heterocycles. The highest BCUT2D eigenvalue weighted by molar-refractivity contribution is 6.30. The summed E-state index contributed by atoms with van der Waals surface area (Å²) in [4.78, 5) is 58.3. The third-order valence-electron chi connectivity index (χ3n) is 7.98. The van der Waals surface area contributed by atoms with Gasteiger partial charge in [-0.25, -0.2) is 9.78 Å². The van der Waals surface area contributed by atoms with Crippen LogP contribution in [-0.2, 0) is 14.3 Å². The van der Waals surface area contributed by atoms with Crippen molar-refractivity contribution >= 4 is 51.8 Å². The minimum Gasteiger partial charge on any atom is -0.451 e. The van der Waals surface area contributed by atoms with E-state index in [1.165, 1.54) is 11.8 Å². The molecule has 3 unspecified atom stereocenters. The van der Waals surface area contributed by atoms with E-state index in [0.717, 1.165) is 25.7 Å². The summed E-state index contributed by atoms with van der Waals surface area (Å²) in [6.45, 7) is 1.54. The van der Waals surface area contributed by atoms with Crippen LogP contribution in [0.5, 0.6) is 0 Å². The number of rotatable bonds is 6. The largest absolute Gasteiger partial charge is 0.451 e. The van der Waals surface area contributed by atoms with Gasteiger partial charge >= 0.3 is 5.97 Å².